The van der Waals surface area contributed by atoms with Gasteiger partial charge in [-0.15, -0.1) is 0 Å². The van der Waals surface area contributed by atoms with Gasteiger partial charge >= 0.3 is 0 Å². The second-order valence-corrected chi connectivity index (χ2v) is 8.75. The van der Waals surface area contributed by atoms with E-state index in [4.69, 9.17) is 0 Å². The van der Waals surface area contributed by atoms with E-state index in [2.05, 4.69) is 79.5 Å². The van der Waals surface area contributed by atoms with E-state index in [-0.39, 0.29) is 0 Å². The summed E-state index contributed by atoms with van der Waals surface area (Å²) in [6.45, 7) is 7.42. The molecule has 2 bridgehead atoms. The van der Waals surface area contributed by atoms with Crippen molar-refractivity contribution in [2.45, 2.75) is 38.8 Å². The molecule has 0 spiro atoms. The first-order valence-electron chi connectivity index (χ1n) is 11.3. The van der Waals surface area contributed by atoms with E-state index >= 15 is 0 Å². The normalized spacial score (nSPS) is 20.0. The highest BCUT2D eigenvalue weighted by Gasteiger charge is 2.41. The summed E-state index contributed by atoms with van der Waals surface area (Å²) in [4.78, 5) is 22.9. The van der Waals surface area contributed by atoms with Crippen LogP contribution in [0.15, 0.2) is 42.9 Å². The van der Waals surface area contributed by atoms with Gasteiger partial charge < -0.3 is 15.5 Å². The second-order valence-electron chi connectivity index (χ2n) is 8.75. The Morgan fingerprint density at radius 3 is 2.56 bits per heavy atom. The summed E-state index contributed by atoms with van der Waals surface area (Å²) in [7, 11) is 2.24. The lowest BCUT2D eigenvalue weighted by atomic mass is 10.1. The summed E-state index contributed by atoms with van der Waals surface area (Å²) in [5.41, 5.74) is 5.23. The number of aryl methyl sites for hydroxylation is 1. The van der Waals surface area contributed by atoms with Crippen molar-refractivity contribution in [1.82, 2.24) is 24.8 Å². The monoisotopic (exact) mass is 430 g/mol. The molecule has 0 aliphatic carbocycles. The molecule has 4 heterocycles. The van der Waals surface area contributed by atoms with Gasteiger partial charge in [-0.25, -0.2) is 19.9 Å². The first kappa shape index (κ1) is 20.6. The topological polar surface area (TPSA) is 82.1 Å². The number of aromatic nitrogens is 4. The fourth-order valence-electron chi connectivity index (χ4n) is 4.71. The summed E-state index contributed by atoms with van der Waals surface area (Å²) in [5.74, 6) is 1.20. The largest absolute Gasteiger partial charge is 0.365 e. The van der Waals surface area contributed by atoms with Crippen LogP contribution in [-0.4, -0.2) is 63.6 Å². The molecule has 32 heavy (non-hydrogen) atoms. The maximum atomic E-state index is 4.66. The Morgan fingerprint density at radius 2 is 1.88 bits per heavy atom. The zero-order valence-electron chi connectivity index (χ0n) is 18.9. The molecule has 1 aromatic carbocycles. The van der Waals surface area contributed by atoms with Gasteiger partial charge in [0.1, 0.15) is 0 Å². The predicted molar refractivity (Wildman–Crippen MR) is 128 cm³/mol. The highest BCUT2D eigenvalue weighted by atomic mass is 15.3. The van der Waals surface area contributed by atoms with Crippen molar-refractivity contribution < 1.29 is 0 Å². The van der Waals surface area contributed by atoms with E-state index < -0.39 is 0 Å². The van der Waals surface area contributed by atoms with Gasteiger partial charge in [0.25, 0.3) is 0 Å². The third kappa shape index (κ3) is 4.10. The highest BCUT2D eigenvalue weighted by molar-refractivity contribution is 5.66. The number of anilines is 4. The third-order valence-electron chi connectivity index (χ3n) is 6.41. The highest BCUT2D eigenvalue weighted by Crippen LogP contribution is 2.36. The smallest absolute Gasteiger partial charge is 0.227 e. The van der Waals surface area contributed by atoms with Crippen LogP contribution in [0.25, 0.3) is 11.3 Å². The quantitative estimate of drug-likeness (QED) is 0.587. The molecule has 2 aliphatic heterocycles. The summed E-state index contributed by atoms with van der Waals surface area (Å²) < 4.78 is 0. The molecule has 2 N–H and O–H groups in total. The summed E-state index contributed by atoms with van der Waals surface area (Å²) in [6.07, 6.45) is 7.64. The standard InChI is InChI=1S/C24H30N8/c1-4-8-25-23-27-12-17(13-28-23)21-7-9-26-24(30-21)29-18-5-6-22(16(2)10-18)32-15-19-11-20(32)14-31(19)3/h5-7,9-10,12-13,19-20H,4,8,11,14-15H2,1-3H3,(H,25,27,28)(H,26,29,30). The van der Waals surface area contributed by atoms with Crippen molar-refractivity contribution in [1.29, 1.82) is 0 Å². The van der Waals surface area contributed by atoms with Gasteiger partial charge in [-0.1, -0.05) is 6.92 Å². The predicted octanol–water partition coefficient (Wildman–Crippen LogP) is 3.70. The van der Waals surface area contributed by atoms with Crippen molar-refractivity contribution in [3.05, 3.63) is 48.4 Å². The number of hydrogen-bond donors (Lipinski definition) is 2. The van der Waals surface area contributed by atoms with Gasteiger partial charge in [-0.3, -0.25) is 4.90 Å². The Balaban J connectivity index is 1.29. The Bertz CT molecular complexity index is 1080. The maximum Gasteiger partial charge on any atom is 0.227 e. The van der Waals surface area contributed by atoms with E-state index in [9.17, 15) is 0 Å². The van der Waals surface area contributed by atoms with E-state index in [0.29, 0.717) is 24.0 Å². The van der Waals surface area contributed by atoms with Crippen LogP contribution in [-0.2, 0) is 0 Å². The van der Waals surface area contributed by atoms with Crippen molar-refractivity contribution in [2.24, 2.45) is 0 Å². The van der Waals surface area contributed by atoms with Gasteiger partial charge in [0, 0.05) is 67.2 Å². The molecule has 2 unspecified atom stereocenters. The molecule has 3 aromatic rings. The number of benzene rings is 1. The molecule has 166 valence electrons. The van der Waals surface area contributed by atoms with Crippen molar-refractivity contribution >= 4 is 23.3 Å². The number of fused-ring (bicyclic) bond motifs is 2. The molecule has 8 heteroatoms. The molecule has 5 rings (SSSR count). The number of nitrogens with one attached hydrogen (secondary N) is 2. The molecule has 2 fully saturated rings. The van der Waals surface area contributed by atoms with Crippen LogP contribution in [0.4, 0.5) is 23.3 Å². The van der Waals surface area contributed by atoms with Crippen molar-refractivity contribution in [3.63, 3.8) is 0 Å². The van der Waals surface area contributed by atoms with Crippen LogP contribution in [0.1, 0.15) is 25.3 Å². The fraction of sp³-hybridized carbons (Fsp3) is 0.417. The van der Waals surface area contributed by atoms with Gasteiger partial charge in [0.2, 0.25) is 11.9 Å². The van der Waals surface area contributed by atoms with Crippen LogP contribution in [0, 0.1) is 6.92 Å². The molecule has 8 nitrogen and oxygen atoms in total. The third-order valence-corrected chi connectivity index (χ3v) is 6.41. The molecule has 0 radical (unpaired) electrons. The van der Waals surface area contributed by atoms with E-state index in [0.717, 1.165) is 43.0 Å². The molecule has 2 aromatic heterocycles. The number of piperazine rings is 1. The lowest BCUT2D eigenvalue weighted by Gasteiger charge is -2.34. The SMILES string of the molecule is CCCNc1ncc(-c2ccnc(Nc3ccc(N4CC5CC4CN5C)c(C)c3)n2)cn1. The average molecular weight is 431 g/mol. The molecule has 0 amide bonds. The molecular formula is C24H30N8. The molecule has 2 saturated heterocycles. The van der Waals surface area contributed by atoms with E-state index in [1.54, 1.807) is 18.6 Å². The van der Waals surface area contributed by atoms with Crippen molar-refractivity contribution in [3.8, 4) is 11.3 Å². The van der Waals surface area contributed by atoms with Crippen LogP contribution in [0.5, 0.6) is 0 Å². The molecule has 0 saturated carbocycles. The van der Waals surface area contributed by atoms with Gasteiger partial charge in [0.15, 0.2) is 0 Å². The minimum Gasteiger partial charge on any atom is -0.365 e. The Kier molecular flexibility index (Phi) is 5.61. The summed E-state index contributed by atoms with van der Waals surface area (Å²) in [6, 6.07) is 9.71. The van der Waals surface area contributed by atoms with E-state index in [1.165, 1.54) is 17.7 Å². The number of hydrogen-bond acceptors (Lipinski definition) is 8. The zero-order chi connectivity index (χ0) is 22.1. The van der Waals surface area contributed by atoms with Crippen LogP contribution in [0.3, 0.4) is 0 Å². The number of likely N-dealkylation sites (N-methyl/N-ethyl adjacent to an activating group) is 1. The average Bonchev–Trinajstić information content (AvgIpc) is 3.38. The Hall–Kier alpha value is -3.26. The second kappa shape index (κ2) is 8.70. The molecule has 2 atom stereocenters. The first-order chi connectivity index (χ1) is 15.6. The Labute approximate surface area is 189 Å². The van der Waals surface area contributed by atoms with Gasteiger partial charge in [-0.2, -0.15) is 0 Å². The van der Waals surface area contributed by atoms with Crippen LogP contribution >= 0.6 is 0 Å². The van der Waals surface area contributed by atoms with Gasteiger partial charge in [0.05, 0.1) is 5.69 Å². The lowest BCUT2D eigenvalue weighted by molar-refractivity contribution is 0.292. The fourth-order valence-corrected chi connectivity index (χ4v) is 4.71. The van der Waals surface area contributed by atoms with Gasteiger partial charge in [-0.05, 0) is 56.6 Å². The number of likely N-dealkylation sites (tertiary alicyclic amines) is 1. The molecular weight excluding hydrogens is 400 g/mol. The molecule has 2 aliphatic rings. The van der Waals surface area contributed by atoms with Crippen LogP contribution in [0.2, 0.25) is 0 Å². The van der Waals surface area contributed by atoms with Crippen LogP contribution < -0.4 is 15.5 Å². The zero-order valence-corrected chi connectivity index (χ0v) is 18.9. The maximum absolute atomic E-state index is 4.66. The number of rotatable bonds is 7. The summed E-state index contributed by atoms with van der Waals surface area (Å²) in [5, 5.41) is 6.54. The number of nitrogens with zero attached hydrogens (tertiary/aromatic N) is 6. The van der Waals surface area contributed by atoms with E-state index in [1.807, 2.05) is 6.07 Å². The Morgan fingerprint density at radius 1 is 1.03 bits per heavy atom. The van der Waals surface area contributed by atoms with Crippen molar-refractivity contribution in [2.75, 3.05) is 42.2 Å². The first-order valence-corrected chi connectivity index (χ1v) is 11.3. The minimum absolute atomic E-state index is 0.560. The lowest BCUT2D eigenvalue weighted by Crippen LogP contribution is -2.44. The summed E-state index contributed by atoms with van der Waals surface area (Å²) >= 11 is 0. The minimum atomic E-state index is 0.560.